The summed E-state index contributed by atoms with van der Waals surface area (Å²) in [7, 11) is 1.97. The number of carbonyl (C=O) groups excluding carboxylic acids is 1. The number of rotatable bonds is 3. The molecule has 134 valence electrons. The Morgan fingerprint density at radius 2 is 1.96 bits per heavy atom. The SMILES string of the molecule is Cc1cccc2c(C(C)(C)NC(=O)C3CC4CNCC4C3)nn(C)c12. The Bertz CT molecular complexity index is 810. The van der Waals surface area contributed by atoms with Crippen LogP contribution in [0.15, 0.2) is 18.2 Å². The van der Waals surface area contributed by atoms with Crippen LogP contribution in [0.1, 0.15) is 37.9 Å². The fourth-order valence-electron chi connectivity index (χ4n) is 4.84. The average molecular weight is 340 g/mol. The maximum atomic E-state index is 12.9. The second-order valence-corrected chi connectivity index (χ2v) is 8.40. The number of nitrogens with zero attached hydrogens (tertiary/aromatic N) is 2. The quantitative estimate of drug-likeness (QED) is 0.902. The van der Waals surface area contributed by atoms with Gasteiger partial charge in [-0.15, -0.1) is 0 Å². The molecule has 5 nitrogen and oxygen atoms in total. The molecule has 0 spiro atoms. The summed E-state index contributed by atoms with van der Waals surface area (Å²) in [5, 5.41) is 12.6. The number of amides is 1. The van der Waals surface area contributed by atoms with E-state index in [1.807, 2.05) is 11.7 Å². The van der Waals surface area contributed by atoms with Crippen LogP contribution in [0.25, 0.3) is 10.9 Å². The van der Waals surface area contributed by atoms with E-state index >= 15 is 0 Å². The number of carbonyl (C=O) groups is 1. The summed E-state index contributed by atoms with van der Waals surface area (Å²) < 4.78 is 1.93. The van der Waals surface area contributed by atoms with Crippen LogP contribution in [-0.4, -0.2) is 28.8 Å². The number of nitrogens with one attached hydrogen (secondary N) is 2. The van der Waals surface area contributed by atoms with E-state index in [-0.39, 0.29) is 11.8 Å². The molecule has 2 heterocycles. The topological polar surface area (TPSA) is 59.0 Å². The first-order valence-corrected chi connectivity index (χ1v) is 9.32. The number of fused-ring (bicyclic) bond motifs is 2. The third-order valence-electron chi connectivity index (χ3n) is 6.12. The summed E-state index contributed by atoms with van der Waals surface area (Å²) >= 11 is 0. The molecular formula is C20H28N4O. The lowest BCUT2D eigenvalue weighted by Gasteiger charge is -2.27. The Morgan fingerprint density at radius 3 is 2.64 bits per heavy atom. The number of benzene rings is 1. The zero-order valence-corrected chi connectivity index (χ0v) is 15.6. The van der Waals surface area contributed by atoms with Crippen molar-refractivity contribution in [2.24, 2.45) is 24.8 Å². The molecule has 1 saturated heterocycles. The number of hydrogen-bond donors (Lipinski definition) is 2. The molecule has 2 aromatic rings. The molecule has 1 amide bonds. The first-order chi connectivity index (χ1) is 11.9. The number of para-hydroxylation sites is 1. The molecule has 0 radical (unpaired) electrons. The van der Waals surface area contributed by atoms with E-state index in [0.29, 0.717) is 11.8 Å². The normalized spacial score (nSPS) is 26.2. The molecule has 1 aliphatic heterocycles. The minimum absolute atomic E-state index is 0.146. The van der Waals surface area contributed by atoms with E-state index in [1.54, 1.807) is 0 Å². The van der Waals surface area contributed by atoms with E-state index in [9.17, 15) is 4.79 Å². The van der Waals surface area contributed by atoms with Crippen molar-refractivity contribution >= 4 is 16.8 Å². The molecule has 4 rings (SSSR count). The monoisotopic (exact) mass is 340 g/mol. The van der Waals surface area contributed by atoms with Gasteiger partial charge < -0.3 is 10.6 Å². The second-order valence-electron chi connectivity index (χ2n) is 8.40. The lowest BCUT2D eigenvalue weighted by molar-refractivity contribution is -0.126. The summed E-state index contributed by atoms with van der Waals surface area (Å²) in [6.45, 7) is 8.37. The van der Waals surface area contributed by atoms with Crippen molar-refractivity contribution < 1.29 is 4.79 Å². The van der Waals surface area contributed by atoms with Gasteiger partial charge >= 0.3 is 0 Å². The number of aromatic nitrogens is 2. The van der Waals surface area contributed by atoms with Gasteiger partial charge in [0.1, 0.15) is 0 Å². The van der Waals surface area contributed by atoms with Gasteiger partial charge in [-0.1, -0.05) is 18.2 Å². The van der Waals surface area contributed by atoms with Gasteiger partial charge in [0, 0.05) is 18.4 Å². The van der Waals surface area contributed by atoms with Crippen LogP contribution < -0.4 is 10.6 Å². The predicted molar refractivity (Wildman–Crippen MR) is 99.2 cm³/mol. The van der Waals surface area contributed by atoms with E-state index in [2.05, 4.69) is 49.6 Å². The van der Waals surface area contributed by atoms with Crippen molar-refractivity contribution in [1.82, 2.24) is 20.4 Å². The molecule has 5 heteroatoms. The maximum Gasteiger partial charge on any atom is 0.223 e. The molecule has 0 bridgehead atoms. The minimum Gasteiger partial charge on any atom is -0.345 e. The zero-order chi connectivity index (χ0) is 17.8. The van der Waals surface area contributed by atoms with E-state index in [0.717, 1.165) is 42.5 Å². The zero-order valence-electron chi connectivity index (χ0n) is 15.6. The van der Waals surface area contributed by atoms with E-state index in [1.165, 1.54) is 5.56 Å². The maximum absolute atomic E-state index is 12.9. The van der Waals surface area contributed by atoms with Crippen molar-refractivity contribution in [3.63, 3.8) is 0 Å². The molecule has 25 heavy (non-hydrogen) atoms. The minimum atomic E-state index is -0.486. The highest BCUT2D eigenvalue weighted by molar-refractivity contribution is 5.87. The third kappa shape index (κ3) is 2.74. The highest BCUT2D eigenvalue weighted by atomic mass is 16.2. The summed E-state index contributed by atoms with van der Waals surface area (Å²) in [6, 6.07) is 6.26. The van der Waals surface area contributed by atoms with Gasteiger partial charge in [-0.05, 0) is 64.1 Å². The molecule has 2 aliphatic rings. The van der Waals surface area contributed by atoms with Gasteiger partial charge in [-0.3, -0.25) is 9.48 Å². The molecule has 1 saturated carbocycles. The van der Waals surface area contributed by atoms with Gasteiger partial charge in [0.2, 0.25) is 5.91 Å². The average Bonchev–Trinajstić information content (AvgIpc) is 3.20. The number of aryl methyl sites for hydroxylation is 2. The first kappa shape index (κ1) is 16.6. The Hall–Kier alpha value is -1.88. The van der Waals surface area contributed by atoms with Gasteiger partial charge in [-0.25, -0.2) is 0 Å². The van der Waals surface area contributed by atoms with E-state index < -0.39 is 5.54 Å². The van der Waals surface area contributed by atoms with Gasteiger partial charge in [-0.2, -0.15) is 5.10 Å². The molecule has 2 unspecified atom stereocenters. The van der Waals surface area contributed by atoms with Crippen LogP contribution in [0.2, 0.25) is 0 Å². The van der Waals surface area contributed by atoms with Gasteiger partial charge in [0.25, 0.3) is 0 Å². The Balaban J connectivity index is 1.58. The summed E-state index contributed by atoms with van der Waals surface area (Å²) in [5.74, 6) is 1.69. The predicted octanol–water partition coefficient (Wildman–Crippen LogP) is 2.48. The van der Waals surface area contributed by atoms with Crippen molar-refractivity contribution in [3.05, 3.63) is 29.5 Å². The second kappa shape index (κ2) is 5.84. The Labute approximate surface area is 149 Å². The number of hydrogen-bond acceptors (Lipinski definition) is 3. The summed E-state index contributed by atoms with van der Waals surface area (Å²) in [6.07, 6.45) is 2.03. The highest BCUT2D eigenvalue weighted by Gasteiger charge is 2.41. The smallest absolute Gasteiger partial charge is 0.223 e. The summed E-state index contributed by atoms with van der Waals surface area (Å²) in [4.78, 5) is 12.9. The molecular weight excluding hydrogens is 312 g/mol. The highest BCUT2D eigenvalue weighted by Crippen LogP contribution is 2.39. The molecule has 2 N–H and O–H groups in total. The summed E-state index contributed by atoms with van der Waals surface area (Å²) in [5.41, 5.74) is 2.81. The van der Waals surface area contributed by atoms with Crippen LogP contribution in [0.4, 0.5) is 0 Å². The van der Waals surface area contributed by atoms with Crippen LogP contribution in [0.5, 0.6) is 0 Å². The molecule has 2 fully saturated rings. The van der Waals surface area contributed by atoms with Crippen molar-refractivity contribution in [2.45, 2.75) is 39.2 Å². The lowest BCUT2D eigenvalue weighted by atomic mass is 9.94. The fraction of sp³-hybridized carbons (Fsp3) is 0.600. The standard InChI is InChI=1S/C20H28N4O/c1-12-6-5-7-16-17(12)24(4)23-18(16)20(2,3)22-19(25)13-8-14-10-21-11-15(14)9-13/h5-7,13-15,21H,8-11H2,1-4H3,(H,22,25). The Kier molecular flexibility index (Phi) is 3.87. The molecule has 2 atom stereocenters. The molecule has 1 aromatic carbocycles. The Morgan fingerprint density at radius 1 is 1.28 bits per heavy atom. The largest absolute Gasteiger partial charge is 0.345 e. The molecule has 1 aromatic heterocycles. The van der Waals surface area contributed by atoms with E-state index in [4.69, 9.17) is 5.10 Å². The van der Waals surface area contributed by atoms with Crippen molar-refractivity contribution in [2.75, 3.05) is 13.1 Å². The first-order valence-electron chi connectivity index (χ1n) is 9.32. The van der Waals surface area contributed by atoms with Crippen LogP contribution in [0, 0.1) is 24.7 Å². The van der Waals surface area contributed by atoms with Gasteiger partial charge in [0.15, 0.2) is 0 Å². The fourth-order valence-corrected chi connectivity index (χ4v) is 4.84. The van der Waals surface area contributed by atoms with Gasteiger partial charge in [0.05, 0.1) is 16.7 Å². The lowest BCUT2D eigenvalue weighted by Crippen LogP contribution is -2.44. The van der Waals surface area contributed by atoms with Crippen molar-refractivity contribution in [1.29, 1.82) is 0 Å². The third-order valence-corrected chi connectivity index (χ3v) is 6.12. The van der Waals surface area contributed by atoms with Crippen LogP contribution >= 0.6 is 0 Å². The molecule has 1 aliphatic carbocycles. The van der Waals surface area contributed by atoms with Crippen molar-refractivity contribution in [3.8, 4) is 0 Å². The van der Waals surface area contributed by atoms with Crippen LogP contribution in [0.3, 0.4) is 0 Å². The van der Waals surface area contributed by atoms with Crippen LogP contribution in [-0.2, 0) is 17.4 Å².